The van der Waals surface area contributed by atoms with Crippen LogP contribution >= 0.6 is 0 Å². The number of piperidine rings is 2. The van der Waals surface area contributed by atoms with Crippen molar-refractivity contribution in [3.63, 3.8) is 0 Å². The molecule has 2 saturated heterocycles. The fraction of sp³-hybridized carbons (Fsp3) is 0.407. The number of nitrogens with zero attached hydrogens (tertiary/aromatic N) is 2. The van der Waals surface area contributed by atoms with Gasteiger partial charge in [0.2, 0.25) is 5.91 Å². The van der Waals surface area contributed by atoms with Crippen molar-refractivity contribution in [1.29, 1.82) is 0 Å². The van der Waals surface area contributed by atoms with E-state index in [9.17, 15) is 9.59 Å². The van der Waals surface area contributed by atoms with E-state index < -0.39 is 6.04 Å². The van der Waals surface area contributed by atoms with Crippen LogP contribution in [-0.2, 0) is 17.9 Å². The van der Waals surface area contributed by atoms with E-state index >= 15 is 0 Å². The maximum Gasteiger partial charge on any atom is 0.255 e. The van der Waals surface area contributed by atoms with E-state index in [0.29, 0.717) is 30.6 Å². The third kappa shape index (κ3) is 4.72. The Morgan fingerprint density at radius 3 is 2.76 bits per heavy atom. The molecule has 5 rings (SSSR count). The fourth-order valence-electron chi connectivity index (χ4n) is 5.15. The largest absolute Gasteiger partial charge is 0.487 e. The molecule has 0 spiro atoms. The molecule has 34 heavy (non-hydrogen) atoms. The molecular weight excluding hydrogens is 428 g/mol. The number of hydrogen-bond donors (Lipinski definition) is 2. The van der Waals surface area contributed by atoms with Crippen LogP contribution in [0, 0.1) is 0 Å². The summed E-state index contributed by atoms with van der Waals surface area (Å²) in [6.07, 6.45) is 2.31. The molecule has 2 amide bonds. The van der Waals surface area contributed by atoms with Crippen LogP contribution in [0.5, 0.6) is 5.75 Å². The van der Waals surface area contributed by atoms with Crippen molar-refractivity contribution >= 4 is 11.8 Å². The zero-order chi connectivity index (χ0) is 23.7. The van der Waals surface area contributed by atoms with Crippen LogP contribution in [-0.4, -0.2) is 59.9 Å². The molecule has 7 heteroatoms. The molecule has 3 atom stereocenters. The zero-order valence-electron chi connectivity index (χ0n) is 19.6. The lowest BCUT2D eigenvalue weighted by Gasteiger charge is -2.37. The summed E-state index contributed by atoms with van der Waals surface area (Å²) in [5.41, 5.74) is 3.54. The normalized spacial score (nSPS) is 25.3. The predicted molar refractivity (Wildman–Crippen MR) is 130 cm³/mol. The number of carbonyl (C=O) groups excluding carboxylic acids is 2. The molecule has 3 aliphatic heterocycles. The Kier molecular flexibility index (Phi) is 6.39. The van der Waals surface area contributed by atoms with Crippen molar-refractivity contribution in [3.05, 3.63) is 77.5 Å². The second-order valence-corrected chi connectivity index (χ2v) is 9.58. The van der Waals surface area contributed by atoms with Gasteiger partial charge in [-0.2, -0.15) is 0 Å². The fourth-order valence-corrected chi connectivity index (χ4v) is 5.15. The van der Waals surface area contributed by atoms with E-state index in [-0.39, 0.29) is 24.0 Å². The van der Waals surface area contributed by atoms with Gasteiger partial charge in [0.25, 0.3) is 5.91 Å². The molecule has 0 aliphatic carbocycles. The SMILES string of the molecule is C=C1CCC(N2Cc3cc(OC4CN(C)CCC4NCc4ccccc4)ccc3C2=O)C(=O)N1. The van der Waals surface area contributed by atoms with Gasteiger partial charge >= 0.3 is 0 Å². The molecule has 2 aromatic carbocycles. The molecule has 0 bridgehead atoms. The molecule has 2 N–H and O–H groups in total. The molecule has 3 heterocycles. The van der Waals surface area contributed by atoms with E-state index in [1.807, 2.05) is 24.3 Å². The van der Waals surface area contributed by atoms with Crippen molar-refractivity contribution in [2.75, 3.05) is 20.1 Å². The minimum absolute atomic E-state index is 0.00357. The second kappa shape index (κ2) is 9.60. The van der Waals surface area contributed by atoms with Crippen LogP contribution < -0.4 is 15.4 Å². The number of fused-ring (bicyclic) bond motifs is 1. The number of nitrogens with one attached hydrogen (secondary N) is 2. The standard InChI is InChI=1S/C27H32N4O3/c1-18-8-11-24(26(32)29-18)31-16-20-14-21(9-10-22(20)27(31)33)34-25-17-30(2)13-12-23(25)28-15-19-6-4-3-5-7-19/h3-7,9-10,14,23-25,28H,1,8,11-13,15-17H2,2H3,(H,29,32). The number of amides is 2. The number of carbonyl (C=O) groups is 2. The van der Waals surface area contributed by atoms with Gasteiger partial charge in [-0.25, -0.2) is 0 Å². The van der Waals surface area contributed by atoms with Crippen molar-refractivity contribution in [3.8, 4) is 5.75 Å². The number of likely N-dealkylation sites (tertiary alicyclic amines) is 1. The van der Waals surface area contributed by atoms with Gasteiger partial charge in [-0.15, -0.1) is 0 Å². The van der Waals surface area contributed by atoms with E-state index in [2.05, 4.69) is 53.4 Å². The first-order chi connectivity index (χ1) is 16.5. The van der Waals surface area contributed by atoms with Gasteiger partial charge in [0.05, 0.1) is 0 Å². The maximum absolute atomic E-state index is 13.0. The lowest BCUT2D eigenvalue weighted by molar-refractivity contribution is -0.126. The number of rotatable bonds is 6. The van der Waals surface area contributed by atoms with Gasteiger partial charge in [0.15, 0.2) is 0 Å². The quantitative estimate of drug-likeness (QED) is 0.694. The third-order valence-electron chi connectivity index (χ3n) is 7.07. The van der Waals surface area contributed by atoms with Gasteiger partial charge in [-0.1, -0.05) is 36.9 Å². The number of allylic oxidation sites excluding steroid dienone is 1. The summed E-state index contributed by atoms with van der Waals surface area (Å²) in [6, 6.07) is 15.9. The Bertz CT molecular complexity index is 1090. The molecule has 2 fully saturated rings. The topological polar surface area (TPSA) is 73.9 Å². The summed E-state index contributed by atoms with van der Waals surface area (Å²) in [6.45, 7) is 6.92. The maximum atomic E-state index is 13.0. The first-order valence-corrected chi connectivity index (χ1v) is 12.0. The molecule has 178 valence electrons. The summed E-state index contributed by atoms with van der Waals surface area (Å²) < 4.78 is 6.48. The van der Waals surface area contributed by atoms with Gasteiger partial charge < -0.3 is 25.2 Å². The number of ether oxygens (including phenoxy) is 1. The Balaban J connectivity index is 1.27. The number of benzene rings is 2. The second-order valence-electron chi connectivity index (χ2n) is 9.58. The summed E-state index contributed by atoms with van der Waals surface area (Å²) in [7, 11) is 2.12. The first kappa shape index (κ1) is 22.6. The van der Waals surface area contributed by atoms with E-state index in [4.69, 9.17) is 4.74 Å². The Morgan fingerprint density at radius 2 is 1.97 bits per heavy atom. The lowest BCUT2D eigenvalue weighted by atomic mass is 10.0. The third-order valence-corrected chi connectivity index (χ3v) is 7.07. The van der Waals surface area contributed by atoms with Gasteiger partial charge in [-0.05, 0) is 62.2 Å². The highest BCUT2D eigenvalue weighted by Crippen LogP contribution is 2.31. The minimum Gasteiger partial charge on any atom is -0.487 e. The van der Waals surface area contributed by atoms with Crippen LogP contribution in [0.2, 0.25) is 0 Å². The molecule has 7 nitrogen and oxygen atoms in total. The molecular formula is C27H32N4O3. The molecule has 0 aromatic heterocycles. The molecule has 2 aromatic rings. The number of hydrogen-bond acceptors (Lipinski definition) is 5. The summed E-state index contributed by atoms with van der Waals surface area (Å²) in [5.74, 6) is 0.530. The highest BCUT2D eigenvalue weighted by Gasteiger charge is 2.38. The monoisotopic (exact) mass is 460 g/mol. The van der Waals surface area contributed by atoms with Crippen LogP contribution in [0.3, 0.4) is 0 Å². The molecule has 3 unspecified atom stereocenters. The van der Waals surface area contributed by atoms with E-state index in [1.165, 1.54) is 5.56 Å². The summed E-state index contributed by atoms with van der Waals surface area (Å²) in [4.78, 5) is 29.4. The van der Waals surface area contributed by atoms with Crippen LogP contribution in [0.15, 0.2) is 60.8 Å². The van der Waals surface area contributed by atoms with Gasteiger partial charge in [-0.3, -0.25) is 9.59 Å². The highest BCUT2D eigenvalue weighted by molar-refractivity contribution is 6.01. The van der Waals surface area contributed by atoms with E-state index in [1.54, 1.807) is 4.90 Å². The zero-order valence-corrected chi connectivity index (χ0v) is 19.6. The number of likely N-dealkylation sites (N-methyl/N-ethyl adjacent to an activating group) is 1. The summed E-state index contributed by atoms with van der Waals surface area (Å²) in [5, 5.41) is 6.47. The average Bonchev–Trinajstić information content (AvgIpc) is 3.15. The molecule has 0 saturated carbocycles. The van der Waals surface area contributed by atoms with Gasteiger partial charge in [0, 0.05) is 36.9 Å². The van der Waals surface area contributed by atoms with Crippen LogP contribution in [0.1, 0.15) is 40.7 Å². The Labute approximate surface area is 200 Å². The lowest BCUT2D eigenvalue weighted by Crippen LogP contribution is -2.53. The van der Waals surface area contributed by atoms with Gasteiger partial charge in [0.1, 0.15) is 17.9 Å². The summed E-state index contributed by atoms with van der Waals surface area (Å²) >= 11 is 0. The Hall–Kier alpha value is -3.16. The minimum atomic E-state index is -0.451. The van der Waals surface area contributed by atoms with Crippen LogP contribution in [0.4, 0.5) is 0 Å². The highest BCUT2D eigenvalue weighted by atomic mass is 16.5. The van der Waals surface area contributed by atoms with Crippen molar-refractivity contribution in [1.82, 2.24) is 20.4 Å². The smallest absolute Gasteiger partial charge is 0.255 e. The van der Waals surface area contributed by atoms with Crippen LogP contribution in [0.25, 0.3) is 0 Å². The van der Waals surface area contributed by atoms with Crippen molar-refractivity contribution in [2.24, 2.45) is 0 Å². The van der Waals surface area contributed by atoms with Crippen molar-refractivity contribution < 1.29 is 14.3 Å². The van der Waals surface area contributed by atoms with Crippen molar-refractivity contribution in [2.45, 2.75) is 50.5 Å². The molecule has 3 aliphatic rings. The average molecular weight is 461 g/mol. The predicted octanol–water partition coefficient (Wildman–Crippen LogP) is 2.68. The Morgan fingerprint density at radius 1 is 1.15 bits per heavy atom. The first-order valence-electron chi connectivity index (χ1n) is 12.0. The molecule has 0 radical (unpaired) electrons. The van der Waals surface area contributed by atoms with E-state index in [0.717, 1.165) is 37.4 Å².